The molecule has 7 aromatic carbocycles. The number of fused-ring (bicyclic) bond motifs is 9. The normalized spacial score (nSPS) is 11.6. The summed E-state index contributed by atoms with van der Waals surface area (Å²) in [5, 5.41) is 9.92. The topological polar surface area (TPSA) is 25.8 Å². The first-order valence-electron chi connectivity index (χ1n) is 15.0. The smallest absolute Gasteiger partial charge is 0.0965 e. The molecule has 0 aliphatic rings. The quantitative estimate of drug-likeness (QED) is 0.202. The van der Waals surface area contributed by atoms with Crippen LogP contribution in [-0.4, -0.2) is 9.97 Å². The zero-order valence-electron chi connectivity index (χ0n) is 23.9. The average Bonchev–Trinajstić information content (AvgIpc) is 3.11. The third-order valence-electron chi connectivity index (χ3n) is 8.87. The highest BCUT2D eigenvalue weighted by Crippen LogP contribution is 2.39. The van der Waals surface area contributed by atoms with Gasteiger partial charge in [0.05, 0.1) is 16.7 Å². The number of aromatic nitrogens is 2. The Kier molecular flexibility index (Phi) is 5.54. The van der Waals surface area contributed by atoms with Crippen LogP contribution in [0.1, 0.15) is 0 Å². The van der Waals surface area contributed by atoms with E-state index >= 15 is 0 Å². The lowest BCUT2D eigenvalue weighted by Crippen LogP contribution is -1.92. The lowest BCUT2D eigenvalue weighted by molar-refractivity contribution is 1.36. The molecular formula is C42H26N2. The molecule has 0 amide bonds. The SMILES string of the molecule is c1ccc(-c2ccc3c(-c4cccc(-c5ccc6c7ccccc7c7ccccc7c6c5)c4)nc4cccnc4c3c2)cc1. The van der Waals surface area contributed by atoms with E-state index in [-0.39, 0.29) is 0 Å². The van der Waals surface area contributed by atoms with E-state index in [0.717, 1.165) is 33.1 Å². The minimum atomic E-state index is 0.898. The molecule has 0 unspecified atom stereocenters. The summed E-state index contributed by atoms with van der Waals surface area (Å²) < 4.78 is 0. The predicted octanol–water partition coefficient (Wildman–Crippen LogP) is 11.2. The Morgan fingerprint density at radius 2 is 0.864 bits per heavy atom. The van der Waals surface area contributed by atoms with Crippen molar-refractivity contribution < 1.29 is 0 Å². The molecule has 2 heterocycles. The Balaban J connectivity index is 1.24. The molecule has 2 heteroatoms. The third kappa shape index (κ3) is 3.89. The van der Waals surface area contributed by atoms with Crippen molar-refractivity contribution in [2.45, 2.75) is 0 Å². The molecule has 0 fully saturated rings. The highest BCUT2D eigenvalue weighted by atomic mass is 14.8. The van der Waals surface area contributed by atoms with Gasteiger partial charge in [-0.15, -0.1) is 0 Å². The van der Waals surface area contributed by atoms with Gasteiger partial charge in [-0.25, -0.2) is 4.98 Å². The van der Waals surface area contributed by atoms with Crippen LogP contribution in [0.25, 0.3) is 87.6 Å². The van der Waals surface area contributed by atoms with Gasteiger partial charge in [0.1, 0.15) is 0 Å². The molecule has 9 aromatic rings. The maximum absolute atomic E-state index is 5.17. The minimum absolute atomic E-state index is 0.898. The van der Waals surface area contributed by atoms with Crippen LogP contribution >= 0.6 is 0 Å². The molecule has 2 aromatic heterocycles. The Bertz CT molecular complexity index is 2510. The fourth-order valence-corrected chi connectivity index (χ4v) is 6.79. The number of hydrogen-bond acceptors (Lipinski definition) is 2. The molecule has 204 valence electrons. The van der Waals surface area contributed by atoms with Crippen molar-refractivity contribution in [3.05, 3.63) is 158 Å². The molecule has 2 nitrogen and oxygen atoms in total. The molecule has 0 bridgehead atoms. The van der Waals surface area contributed by atoms with Gasteiger partial charge in [-0.1, -0.05) is 121 Å². The van der Waals surface area contributed by atoms with Crippen molar-refractivity contribution in [3.8, 4) is 33.5 Å². The van der Waals surface area contributed by atoms with Gasteiger partial charge in [-0.3, -0.25) is 4.98 Å². The Morgan fingerprint density at radius 3 is 1.61 bits per heavy atom. The van der Waals surface area contributed by atoms with Crippen LogP contribution in [0.2, 0.25) is 0 Å². The number of nitrogens with zero attached hydrogens (tertiary/aromatic N) is 2. The summed E-state index contributed by atoms with van der Waals surface area (Å²) in [4.78, 5) is 9.93. The summed E-state index contributed by atoms with van der Waals surface area (Å²) in [5.74, 6) is 0. The zero-order valence-corrected chi connectivity index (χ0v) is 23.9. The lowest BCUT2D eigenvalue weighted by Gasteiger charge is -2.14. The molecule has 0 radical (unpaired) electrons. The van der Waals surface area contributed by atoms with Crippen LogP contribution in [0.3, 0.4) is 0 Å². The third-order valence-corrected chi connectivity index (χ3v) is 8.87. The van der Waals surface area contributed by atoms with E-state index in [0.29, 0.717) is 0 Å². The molecule has 44 heavy (non-hydrogen) atoms. The van der Waals surface area contributed by atoms with E-state index in [1.54, 1.807) is 0 Å². The van der Waals surface area contributed by atoms with Crippen LogP contribution in [-0.2, 0) is 0 Å². The Hall–Kier alpha value is -5.86. The molecule has 0 saturated heterocycles. The van der Waals surface area contributed by atoms with Gasteiger partial charge in [0, 0.05) is 22.5 Å². The van der Waals surface area contributed by atoms with Crippen LogP contribution in [0.5, 0.6) is 0 Å². The number of hydrogen-bond donors (Lipinski definition) is 0. The second kappa shape index (κ2) is 9.86. The Labute approximate surface area is 254 Å². The summed E-state index contributed by atoms with van der Waals surface area (Å²) in [7, 11) is 0. The monoisotopic (exact) mass is 558 g/mol. The van der Waals surface area contributed by atoms with Crippen LogP contribution in [0.4, 0.5) is 0 Å². The fraction of sp³-hybridized carbons (Fsp3) is 0. The molecular weight excluding hydrogens is 532 g/mol. The van der Waals surface area contributed by atoms with Gasteiger partial charge in [0.2, 0.25) is 0 Å². The largest absolute Gasteiger partial charge is 0.254 e. The maximum atomic E-state index is 5.17. The first-order valence-corrected chi connectivity index (χ1v) is 15.0. The second-order valence-corrected chi connectivity index (χ2v) is 11.4. The van der Waals surface area contributed by atoms with Crippen molar-refractivity contribution >= 4 is 54.1 Å². The standard InChI is InChI=1S/C42H26N2/c1-2-10-27(11-3-1)29-20-22-37-39(26-29)42-40(18-9-23-43-42)44-41(37)31-13-8-12-28(24-31)30-19-21-36-34-16-5-4-14-32(34)33-15-6-7-17-35(33)38(36)25-30/h1-26H. The van der Waals surface area contributed by atoms with Gasteiger partial charge in [-0.05, 0) is 84.9 Å². The van der Waals surface area contributed by atoms with Crippen molar-refractivity contribution in [2.24, 2.45) is 0 Å². The van der Waals surface area contributed by atoms with E-state index in [1.807, 2.05) is 12.3 Å². The Morgan fingerprint density at radius 1 is 0.318 bits per heavy atom. The van der Waals surface area contributed by atoms with E-state index < -0.39 is 0 Å². The molecule has 0 atom stereocenters. The van der Waals surface area contributed by atoms with E-state index in [2.05, 4.69) is 146 Å². The number of benzene rings is 7. The highest BCUT2D eigenvalue weighted by molar-refractivity contribution is 6.25. The molecule has 0 N–H and O–H groups in total. The fourth-order valence-electron chi connectivity index (χ4n) is 6.79. The predicted molar refractivity (Wildman–Crippen MR) is 186 cm³/mol. The van der Waals surface area contributed by atoms with Crippen molar-refractivity contribution in [1.29, 1.82) is 0 Å². The molecule has 0 aliphatic heterocycles. The second-order valence-electron chi connectivity index (χ2n) is 11.4. The average molecular weight is 559 g/mol. The molecule has 0 aliphatic carbocycles. The van der Waals surface area contributed by atoms with E-state index in [4.69, 9.17) is 9.97 Å². The van der Waals surface area contributed by atoms with Gasteiger partial charge in [0.15, 0.2) is 0 Å². The zero-order chi connectivity index (χ0) is 29.0. The van der Waals surface area contributed by atoms with E-state index in [1.165, 1.54) is 54.6 Å². The minimum Gasteiger partial charge on any atom is -0.254 e. The van der Waals surface area contributed by atoms with Gasteiger partial charge in [0.25, 0.3) is 0 Å². The highest BCUT2D eigenvalue weighted by Gasteiger charge is 2.14. The van der Waals surface area contributed by atoms with Crippen molar-refractivity contribution in [2.75, 3.05) is 0 Å². The van der Waals surface area contributed by atoms with Crippen LogP contribution in [0.15, 0.2) is 158 Å². The van der Waals surface area contributed by atoms with Gasteiger partial charge in [-0.2, -0.15) is 0 Å². The maximum Gasteiger partial charge on any atom is 0.0965 e. The van der Waals surface area contributed by atoms with Crippen LogP contribution < -0.4 is 0 Å². The number of pyridine rings is 2. The molecule has 0 saturated carbocycles. The summed E-state index contributed by atoms with van der Waals surface area (Å²) in [6.45, 7) is 0. The lowest BCUT2D eigenvalue weighted by atomic mass is 9.91. The summed E-state index contributed by atoms with van der Waals surface area (Å²) in [6.07, 6.45) is 1.85. The van der Waals surface area contributed by atoms with E-state index in [9.17, 15) is 0 Å². The molecule has 0 spiro atoms. The van der Waals surface area contributed by atoms with Gasteiger partial charge >= 0.3 is 0 Å². The summed E-state index contributed by atoms with van der Waals surface area (Å²) in [6, 6.07) is 54.3. The van der Waals surface area contributed by atoms with Crippen molar-refractivity contribution in [3.63, 3.8) is 0 Å². The first-order chi connectivity index (χ1) is 21.8. The van der Waals surface area contributed by atoms with Crippen molar-refractivity contribution in [1.82, 2.24) is 9.97 Å². The summed E-state index contributed by atoms with van der Waals surface area (Å²) in [5.41, 5.74) is 8.61. The van der Waals surface area contributed by atoms with Gasteiger partial charge < -0.3 is 0 Å². The summed E-state index contributed by atoms with van der Waals surface area (Å²) >= 11 is 0. The first kappa shape index (κ1) is 24.7. The number of rotatable bonds is 3. The molecule has 9 rings (SSSR count). The van der Waals surface area contributed by atoms with Crippen LogP contribution in [0, 0.1) is 0 Å².